The summed E-state index contributed by atoms with van der Waals surface area (Å²) in [6, 6.07) is 4.05. The van der Waals surface area contributed by atoms with Gasteiger partial charge in [-0.05, 0) is 31.3 Å². The standard InChI is InChI=1S/C17H25N3O3S/c1-18-11-17(12-19(13-17)9-14-5-4-8-24-14)22-10-15(18)16(21)20-6-2-3-7-23-20/h4-5,8,15H,2-3,6-7,9-13H2,1H3/t15-/m1/s1. The molecule has 0 aromatic carbocycles. The summed E-state index contributed by atoms with van der Waals surface area (Å²) >= 11 is 1.80. The van der Waals surface area contributed by atoms with Crippen molar-refractivity contribution in [2.45, 2.75) is 31.0 Å². The molecular weight excluding hydrogens is 326 g/mol. The van der Waals surface area contributed by atoms with Gasteiger partial charge in [-0.1, -0.05) is 6.07 Å². The Kier molecular flexibility index (Phi) is 4.62. The molecule has 1 aromatic heterocycles. The molecule has 1 spiro atoms. The number of morpholine rings is 1. The minimum Gasteiger partial charge on any atom is -0.369 e. The zero-order valence-electron chi connectivity index (χ0n) is 14.1. The number of rotatable bonds is 3. The Labute approximate surface area is 146 Å². The molecule has 0 saturated carbocycles. The number of hydroxylamine groups is 2. The van der Waals surface area contributed by atoms with Crippen LogP contribution in [0.2, 0.25) is 0 Å². The summed E-state index contributed by atoms with van der Waals surface area (Å²) in [4.78, 5) is 24.1. The van der Waals surface area contributed by atoms with E-state index in [0.717, 1.165) is 39.0 Å². The summed E-state index contributed by atoms with van der Waals surface area (Å²) < 4.78 is 6.16. The third kappa shape index (κ3) is 3.23. The molecule has 0 bridgehead atoms. The number of likely N-dealkylation sites (tertiary alicyclic amines) is 1. The fraction of sp³-hybridized carbons (Fsp3) is 0.706. The van der Waals surface area contributed by atoms with Crippen LogP contribution in [-0.4, -0.2) is 78.9 Å². The van der Waals surface area contributed by atoms with Crippen LogP contribution in [0.15, 0.2) is 17.5 Å². The molecule has 7 heteroatoms. The third-order valence-electron chi connectivity index (χ3n) is 5.13. The highest BCUT2D eigenvalue weighted by Crippen LogP contribution is 2.32. The SMILES string of the molecule is CN1CC2(CN(Cc3cccs3)C2)OC[C@@H]1C(=O)N1CCCCO1. The van der Waals surface area contributed by atoms with E-state index in [2.05, 4.69) is 27.3 Å². The van der Waals surface area contributed by atoms with Gasteiger partial charge in [-0.3, -0.25) is 19.4 Å². The summed E-state index contributed by atoms with van der Waals surface area (Å²) in [6.45, 7) is 5.48. The Morgan fingerprint density at radius 3 is 2.92 bits per heavy atom. The summed E-state index contributed by atoms with van der Waals surface area (Å²) in [7, 11) is 2.03. The summed E-state index contributed by atoms with van der Waals surface area (Å²) in [6.07, 6.45) is 2.05. The number of hydrogen-bond donors (Lipinski definition) is 0. The number of likely N-dealkylation sites (N-methyl/N-ethyl adjacent to an activating group) is 1. The van der Waals surface area contributed by atoms with E-state index in [1.165, 1.54) is 9.94 Å². The van der Waals surface area contributed by atoms with Crippen molar-refractivity contribution < 1.29 is 14.4 Å². The molecule has 4 rings (SSSR count). The van der Waals surface area contributed by atoms with Crippen molar-refractivity contribution in [2.75, 3.05) is 46.4 Å². The minimum absolute atomic E-state index is 0.0433. The van der Waals surface area contributed by atoms with Gasteiger partial charge < -0.3 is 4.74 Å². The second-order valence-corrected chi connectivity index (χ2v) is 8.16. The van der Waals surface area contributed by atoms with Crippen LogP contribution >= 0.6 is 11.3 Å². The van der Waals surface area contributed by atoms with Gasteiger partial charge in [-0.2, -0.15) is 0 Å². The molecule has 0 aliphatic carbocycles. The maximum absolute atomic E-state index is 12.6. The van der Waals surface area contributed by atoms with Crippen molar-refractivity contribution in [2.24, 2.45) is 0 Å². The molecule has 3 saturated heterocycles. The van der Waals surface area contributed by atoms with Gasteiger partial charge >= 0.3 is 0 Å². The van der Waals surface area contributed by atoms with Gasteiger partial charge in [0, 0.05) is 37.6 Å². The van der Waals surface area contributed by atoms with Crippen LogP contribution in [-0.2, 0) is 20.9 Å². The van der Waals surface area contributed by atoms with Gasteiger partial charge in [0.2, 0.25) is 0 Å². The van der Waals surface area contributed by atoms with Crippen molar-refractivity contribution in [1.29, 1.82) is 0 Å². The lowest BCUT2D eigenvalue weighted by molar-refractivity contribution is -0.224. The van der Waals surface area contributed by atoms with Crippen LogP contribution in [0.5, 0.6) is 0 Å². The Balaban J connectivity index is 1.30. The van der Waals surface area contributed by atoms with Crippen molar-refractivity contribution in [3.63, 3.8) is 0 Å². The molecule has 1 amide bonds. The van der Waals surface area contributed by atoms with Gasteiger partial charge in [0.15, 0.2) is 0 Å². The number of nitrogens with zero attached hydrogens (tertiary/aromatic N) is 3. The fourth-order valence-electron chi connectivity index (χ4n) is 3.88. The topological polar surface area (TPSA) is 45.2 Å². The number of amides is 1. The van der Waals surface area contributed by atoms with E-state index in [9.17, 15) is 4.79 Å². The quantitative estimate of drug-likeness (QED) is 0.819. The zero-order valence-corrected chi connectivity index (χ0v) is 15.0. The molecule has 4 heterocycles. The molecule has 1 aromatic rings. The summed E-state index contributed by atoms with van der Waals surface area (Å²) in [5, 5.41) is 3.66. The molecule has 0 unspecified atom stereocenters. The van der Waals surface area contributed by atoms with E-state index < -0.39 is 0 Å². The Hall–Kier alpha value is -0.990. The highest BCUT2D eigenvalue weighted by Gasteiger charge is 2.50. The highest BCUT2D eigenvalue weighted by atomic mass is 32.1. The van der Waals surface area contributed by atoms with E-state index in [4.69, 9.17) is 9.57 Å². The molecule has 0 N–H and O–H groups in total. The molecule has 24 heavy (non-hydrogen) atoms. The fourth-order valence-corrected chi connectivity index (χ4v) is 4.63. The van der Waals surface area contributed by atoms with Crippen LogP contribution in [0.1, 0.15) is 17.7 Å². The van der Waals surface area contributed by atoms with Crippen molar-refractivity contribution in [3.8, 4) is 0 Å². The molecule has 132 valence electrons. The lowest BCUT2D eigenvalue weighted by atomic mass is 9.90. The molecule has 3 fully saturated rings. The van der Waals surface area contributed by atoms with Gasteiger partial charge in [0.1, 0.15) is 11.6 Å². The van der Waals surface area contributed by atoms with Gasteiger partial charge in [0.05, 0.1) is 13.2 Å². The zero-order chi connectivity index (χ0) is 16.6. The normalized spacial score (nSPS) is 28.0. The molecule has 6 nitrogen and oxygen atoms in total. The van der Waals surface area contributed by atoms with Crippen molar-refractivity contribution in [1.82, 2.24) is 14.9 Å². The van der Waals surface area contributed by atoms with Crippen molar-refractivity contribution >= 4 is 17.2 Å². The first-order chi connectivity index (χ1) is 11.7. The summed E-state index contributed by atoms with van der Waals surface area (Å²) in [5.41, 5.74) is -0.106. The van der Waals surface area contributed by atoms with E-state index >= 15 is 0 Å². The maximum Gasteiger partial charge on any atom is 0.265 e. The molecule has 3 aliphatic rings. The smallest absolute Gasteiger partial charge is 0.265 e. The second-order valence-electron chi connectivity index (χ2n) is 7.13. The van der Waals surface area contributed by atoms with Crippen LogP contribution < -0.4 is 0 Å². The first-order valence-corrected chi connectivity index (χ1v) is 9.56. The number of carbonyl (C=O) groups is 1. The Bertz CT molecular complexity index is 568. The van der Waals surface area contributed by atoms with Crippen LogP contribution in [0.4, 0.5) is 0 Å². The number of ether oxygens (including phenoxy) is 1. The van der Waals surface area contributed by atoms with Gasteiger partial charge in [-0.15, -0.1) is 11.3 Å². The Morgan fingerprint density at radius 2 is 2.25 bits per heavy atom. The van der Waals surface area contributed by atoms with E-state index in [1.807, 2.05) is 7.05 Å². The maximum atomic E-state index is 12.6. The molecule has 3 aliphatic heterocycles. The van der Waals surface area contributed by atoms with Gasteiger partial charge in [0.25, 0.3) is 5.91 Å². The van der Waals surface area contributed by atoms with Crippen LogP contribution in [0.25, 0.3) is 0 Å². The first kappa shape index (κ1) is 16.5. The second kappa shape index (κ2) is 6.72. The predicted octanol–water partition coefficient (Wildman–Crippen LogP) is 1.19. The van der Waals surface area contributed by atoms with E-state index in [0.29, 0.717) is 19.8 Å². The average Bonchev–Trinajstić information content (AvgIpc) is 3.07. The van der Waals surface area contributed by atoms with Gasteiger partial charge in [-0.25, -0.2) is 5.06 Å². The number of carbonyl (C=O) groups excluding carboxylic acids is 1. The van der Waals surface area contributed by atoms with Crippen LogP contribution in [0, 0.1) is 0 Å². The summed E-state index contributed by atoms with van der Waals surface area (Å²) in [5.74, 6) is 0.0433. The lowest BCUT2D eigenvalue weighted by Crippen LogP contribution is -2.72. The predicted molar refractivity (Wildman–Crippen MR) is 91.6 cm³/mol. The van der Waals surface area contributed by atoms with E-state index in [-0.39, 0.29) is 17.6 Å². The largest absolute Gasteiger partial charge is 0.369 e. The van der Waals surface area contributed by atoms with Crippen molar-refractivity contribution in [3.05, 3.63) is 22.4 Å². The molecule has 0 radical (unpaired) electrons. The Morgan fingerprint density at radius 1 is 1.38 bits per heavy atom. The first-order valence-electron chi connectivity index (χ1n) is 8.68. The van der Waals surface area contributed by atoms with Crippen LogP contribution in [0.3, 0.4) is 0 Å². The minimum atomic E-state index is -0.222. The number of hydrogen-bond acceptors (Lipinski definition) is 6. The molecular formula is C17H25N3O3S. The molecule has 1 atom stereocenters. The van der Waals surface area contributed by atoms with E-state index in [1.54, 1.807) is 11.3 Å². The number of thiophene rings is 1. The lowest BCUT2D eigenvalue weighted by Gasteiger charge is -2.55. The highest BCUT2D eigenvalue weighted by molar-refractivity contribution is 7.09. The average molecular weight is 351 g/mol. The third-order valence-corrected chi connectivity index (χ3v) is 5.99. The monoisotopic (exact) mass is 351 g/mol.